The molecule has 2 aliphatic heterocycles. The first kappa shape index (κ1) is 18.4. The highest BCUT2D eigenvalue weighted by Gasteiger charge is 2.29. The molecule has 0 unspecified atom stereocenters. The quantitative estimate of drug-likeness (QED) is 0.856. The number of morpholine rings is 1. The normalized spacial score (nSPS) is 23.7. The van der Waals surface area contributed by atoms with Gasteiger partial charge in [0.15, 0.2) is 0 Å². The zero-order valence-corrected chi connectivity index (χ0v) is 15.5. The van der Waals surface area contributed by atoms with E-state index in [0.29, 0.717) is 0 Å². The number of aryl methyl sites for hydroxylation is 1. The molecule has 25 heavy (non-hydrogen) atoms. The standard InChI is InChI=1S/C20H31N3O2/c1-16-5-7-18(8-6-16)17(2)21-19-4-3-9-23(20(19)24)11-10-22-12-14-25-15-13-22/h5-8,17,19,21H,3-4,9-15H2,1-2H3/t17-,19+/m1/s1. The van der Waals surface area contributed by atoms with E-state index in [4.69, 9.17) is 4.74 Å². The number of amides is 1. The number of rotatable bonds is 6. The predicted molar refractivity (Wildman–Crippen MR) is 99.6 cm³/mol. The highest BCUT2D eigenvalue weighted by atomic mass is 16.5. The van der Waals surface area contributed by atoms with Gasteiger partial charge in [-0.15, -0.1) is 0 Å². The van der Waals surface area contributed by atoms with E-state index >= 15 is 0 Å². The number of carbonyl (C=O) groups excluding carboxylic acids is 1. The average Bonchev–Trinajstić information content (AvgIpc) is 2.64. The van der Waals surface area contributed by atoms with E-state index in [0.717, 1.165) is 58.8 Å². The number of nitrogens with zero attached hydrogens (tertiary/aromatic N) is 2. The van der Waals surface area contributed by atoms with Crippen molar-refractivity contribution in [1.82, 2.24) is 15.1 Å². The van der Waals surface area contributed by atoms with Gasteiger partial charge in [-0.25, -0.2) is 0 Å². The highest BCUT2D eigenvalue weighted by Crippen LogP contribution is 2.18. The summed E-state index contributed by atoms with van der Waals surface area (Å²) in [6.07, 6.45) is 2.01. The fourth-order valence-corrected chi connectivity index (χ4v) is 3.66. The smallest absolute Gasteiger partial charge is 0.239 e. The van der Waals surface area contributed by atoms with E-state index in [-0.39, 0.29) is 18.0 Å². The molecular formula is C20H31N3O2. The van der Waals surface area contributed by atoms with Crippen molar-refractivity contribution in [3.63, 3.8) is 0 Å². The number of ether oxygens (including phenoxy) is 1. The minimum Gasteiger partial charge on any atom is -0.379 e. The van der Waals surface area contributed by atoms with Crippen molar-refractivity contribution in [2.24, 2.45) is 0 Å². The van der Waals surface area contributed by atoms with Gasteiger partial charge in [-0.3, -0.25) is 15.0 Å². The molecule has 138 valence electrons. The number of hydrogen-bond donors (Lipinski definition) is 1. The average molecular weight is 345 g/mol. The van der Waals surface area contributed by atoms with Crippen LogP contribution in [0.1, 0.15) is 36.9 Å². The molecule has 2 fully saturated rings. The lowest BCUT2D eigenvalue weighted by molar-refractivity contribution is -0.136. The Kier molecular flexibility index (Phi) is 6.45. The second kappa shape index (κ2) is 8.79. The Bertz CT molecular complexity index is 555. The van der Waals surface area contributed by atoms with Crippen LogP contribution in [0, 0.1) is 6.92 Å². The Morgan fingerprint density at radius 3 is 2.60 bits per heavy atom. The summed E-state index contributed by atoms with van der Waals surface area (Å²) in [5.41, 5.74) is 2.50. The molecule has 5 nitrogen and oxygen atoms in total. The number of benzene rings is 1. The molecule has 1 N–H and O–H groups in total. The highest BCUT2D eigenvalue weighted by molar-refractivity contribution is 5.82. The van der Waals surface area contributed by atoms with Crippen molar-refractivity contribution >= 4 is 5.91 Å². The van der Waals surface area contributed by atoms with Crippen LogP contribution in [0.15, 0.2) is 24.3 Å². The van der Waals surface area contributed by atoms with Crippen molar-refractivity contribution in [1.29, 1.82) is 0 Å². The molecule has 1 aromatic rings. The van der Waals surface area contributed by atoms with Crippen LogP contribution >= 0.6 is 0 Å². The monoisotopic (exact) mass is 345 g/mol. The molecule has 2 aliphatic rings. The molecule has 1 aromatic carbocycles. The topological polar surface area (TPSA) is 44.8 Å². The summed E-state index contributed by atoms with van der Waals surface area (Å²) in [5, 5.41) is 3.55. The van der Waals surface area contributed by atoms with E-state index in [1.165, 1.54) is 11.1 Å². The summed E-state index contributed by atoms with van der Waals surface area (Å²) in [6, 6.07) is 8.69. The van der Waals surface area contributed by atoms with E-state index in [1.54, 1.807) is 0 Å². The molecule has 0 radical (unpaired) electrons. The minimum atomic E-state index is -0.0604. The lowest BCUT2D eigenvalue weighted by atomic mass is 10.0. The maximum absolute atomic E-state index is 12.8. The summed E-state index contributed by atoms with van der Waals surface area (Å²) in [4.78, 5) is 17.3. The molecule has 1 amide bonds. The zero-order chi connectivity index (χ0) is 17.6. The lowest BCUT2D eigenvalue weighted by Crippen LogP contribution is -2.53. The molecular weight excluding hydrogens is 314 g/mol. The fraction of sp³-hybridized carbons (Fsp3) is 0.650. The van der Waals surface area contributed by atoms with Crippen molar-refractivity contribution < 1.29 is 9.53 Å². The third-order valence-electron chi connectivity index (χ3n) is 5.35. The van der Waals surface area contributed by atoms with Crippen LogP contribution < -0.4 is 5.32 Å². The Hall–Kier alpha value is -1.43. The first-order valence-electron chi connectivity index (χ1n) is 9.55. The molecule has 3 rings (SSSR count). The summed E-state index contributed by atoms with van der Waals surface area (Å²) < 4.78 is 5.39. The van der Waals surface area contributed by atoms with Gasteiger partial charge in [0, 0.05) is 38.8 Å². The summed E-state index contributed by atoms with van der Waals surface area (Å²) in [5.74, 6) is 0.262. The second-order valence-corrected chi connectivity index (χ2v) is 7.27. The van der Waals surface area contributed by atoms with E-state index < -0.39 is 0 Å². The Morgan fingerprint density at radius 2 is 1.88 bits per heavy atom. The predicted octanol–water partition coefficient (Wildman–Crippen LogP) is 1.97. The SMILES string of the molecule is Cc1ccc([C@@H](C)N[C@H]2CCCN(CCN3CCOCC3)C2=O)cc1. The van der Waals surface area contributed by atoms with Gasteiger partial charge in [-0.2, -0.15) is 0 Å². The van der Waals surface area contributed by atoms with E-state index in [2.05, 4.69) is 48.3 Å². The zero-order valence-electron chi connectivity index (χ0n) is 15.5. The Labute approximate surface area is 151 Å². The third kappa shape index (κ3) is 5.03. The summed E-state index contributed by atoms with van der Waals surface area (Å²) in [6.45, 7) is 10.5. The van der Waals surface area contributed by atoms with Gasteiger partial charge < -0.3 is 9.64 Å². The molecule has 2 saturated heterocycles. The number of carbonyl (C=O) groups is 1. The van der Waals surface area contributed by atoms with Gasteiger partial charge in [-0.1, -0.05) is 29.8 Å². The van der Waals surface area contributed by atoms with Gasteiger partial charge in [0.25, 0.3) is 0 Å². The Balaban J connectivity index is 1.51. The Morgan fingerprint density at radius 1 is 1.16 bits per heavy atom. The lowest BCUT2D eigenvalue weighted by Gasteiger charge is -2.36. The third-order valence-corrected chi connectivity index (χ3v) is 5.35. The summed E-state index contributed by atoms with van der Waals surface area (Å²) >= 11 is 0. The van der Waals surface area contributed by atoms with Gasteiger partial charge in [0.2, 0.25) is 5.91 Å². The van der Waals surface area contributed by atoms with Crippen molar-refractivity contribution in [2.75, 3.05) is 45.9 Å². The molecule has 2 heterocycles. The van der Waals surface area contributed by atoms with Crippen LogP contribution in [0.3, 0.4) is 0 Å². The molecule has 5 heteroatoms. The number of hydrogen-bond acceptors (Lipinski definition) is 4. The van der Waals surface area contributed by atoms with Crippen molar-refractivity contribution in [3.8, 4) is 0 Å². The van der Waals surface area contributed by atoms with Crippen LogP contribution in [0.5, 0.6) is 0 Å². The van der Waals surface area contributed by atoms with Crippen molar-refractivity contribution in [2.45, 2.75) is 38.8 Å². The minimum absolute atomic E-state index is 0.0604. The molecule has 0 spiro atoms. The maximum Gasteiger partial charge on any atom is 0.239 e. The summed E-state index contributed by atoms with van der Waals surface area (Å²) in [7, 11) is 0. The molecule has 0 aliphatic carbocycles. The van der Waals surface area contributed by atoms with Gasteiger partial charge >= 0.3 is 0 Å². The molecule has 0 saturated carbocycles. The van der Waals surface area contributed by atoms with Crippen LogP contribution in [-0.4, -0.2) is 67.7 Å². The van der Waals surface area contributed by atoms with Gasteiger partial charge in [0.05, 0.1) is 19.3 Å². The first-order valence-corrected chi connectivity index (χ1v) is 9.55. The van der Waals surface area contributed by atoms with Crippen LogP contribution in [0.2, 0.25) is 0 Å². The fourth-order valence-electron chi connectivity index (χ4n) is 3.66. The van der Waals surface area contributed by atoms with Gasteiger partial charge in [0.1, 0.15) is 0 Å². The van der Waals surface area contributed by atoms with E-state index in [1.807, 2.05) is 4.90 Å². The second-order valence-electron chi connectivity index (χ2n) is 7.27. The molecule has 0 bridgehead atoms. The number of nitrogens with one attached hydrogen (secondary N) is 1. The molecule has 0 aromatic heterocycles. The number of likely N-dealkylation sites (tertiary alicyclic amines) is 1. The van der Waals surface area contributed by atoms with Crippen LogP contribution in [-0.2, 0) is 9.53 Å². The van der Waals surface area contributed by atoms with Crippen LogP contribution in [0.25, 0.3) is 0 Å². The van der Waals surface area contributed by atoms with Crippen molar-refractivity contribution in [3.05, 3.63) is 35.4 Å². The number of piperidine rings is 1. The molecule has 2 atom stereocenters. The first-order chi connectivity index (χ1) is 12.1. The maximum atomic E-state index is 12.8. The largest absolute Gasteiger partial charge is 0.379 e. The van der Waals surface area contributed by atoms with Crippen LogP contribution in [0.4, 0.5) is 0 Å². The van der Waals surface area contributed by atoms with E-state index in [9.17, 15) is 4.79 Å². The van der Waals surface area contributed by atoms with Gasteiger partial charge in [-0.05, 0) is 32.3 Å².